The van der Waals surface area contributed by atoms with Gasteiger partial charge in [-0.25, -0.2) is 0 Å². The highest BCUT2D eigenvalue weighted by Gasteiger charge is 2.15. The van der Waals surface area contributed by atoms with E-state index in [1.165, 1.54) is 11.1 Å². The van der Waals surface area contributed by atoms with Gasteiger partial charge in [-0.3, -0.25) is 4.79 Å². The third-order valence-corrected chi connectivity index (χ3v) is 5.02. The van der Waals surface area contributed by atoms with Crippen molar-refractivity contribution in [1.29, 1.82) is 0 Å². The monoisotopic (exact) mass is 349 g/mol. The molecule has 3 aromatic rings. The lowest BCUT2D eigenvalue weighted by atomic mass is 9.95. The zero-order valence-corrected chi connectivity index (χ0v) is 16.3. The van der Waals surface area contributed by atoms with Crippen LogP contribution >= 0.6 is 0 Å². The molecule has 0 aliphatic rings. The van der Waals surface area contributed by atoms with Crippen LogP contribution in [0.2, 0.25) is 0 Å². The van der Waals surface area contributed by atoms with E-state index in [4.69, 9.17) is 4.42 Å². The van der Waals surface area contributed by atoms with Gasteiger partial charge in [0.25, 0.3) is 0 Å². The summed E-state index contributed by atoms with van der Waals surface area (Å²) < 4.78 is 5.70. The summed E-state index contributed by atoms with van der Waals surface area (Å²) in [5.74, 6) is 0.429. The zero-order chi connectivity index (χ0) is 18.8. The molecule has 0 atom stereocenters. The summed E-state index contributed by atoms with van der Waals surface area (Å²) in [4.78, 5) is 12.7. The normalized spacial score (nSPS) is 11.3. The molecule has 1 amide bonds. The maximum atomic E-state index is 12.7. The number of amides is 1. The van der Waals surface area contributed by atoms with Crippen LogP contribution in [-0.2, 0) is 17.6 Å². The van der Waals surface area contributed by atoms with E-state index in [1.54, 1.807) is 6.26 Å². The van der Waals surface area contributed by atoms with E-state index in [-0.39, 0.29) is 5.91 Å². The summed E-state index contributed by atoms with van der Waals surface area (Å²) in [6.07, 6.45) is 2.92. The molecule has 0 spiro atoms. The van der Waals surface area contributed by atoms with Crippen LogP contribution < -0.4 is 5.32 Å². The van der Waals surface area contributed by atoms with Crippen molar-refractivity contribution in [2.75, 3.05) is 5.32 Å². The first-order valence-electron chi connectivity index (χ1n) is 9.29. The second-order valence-corrected chi connectivity index (χ2v) is 7.31. The highest BCUT2D eigenvalue weighted by molar-refractivity contribution is 5.96. The Hall–Kier alpha value is -2.55. The molecule has 2 aromatic carbocycles. The van der Waals surface area contributed by atoms with Crippen molar-refractivity contribution >= 4 is 22.6 Å². The molecule has 3 rings (SSSR count). The topological polar surface area (TPSA) is 42.2 Å². The molecule has 0 fully saturated rings. The molecule has 26 heavy (non-hydrogen) atoms. The van der Waals surface area contributed by atoms with Crippen LogP contribution in [0.4, 0.5) is 5.69 Å². The molecule has 1 aromatic heterocycles. The van der Waals surface area contributed by atoms with Crippen molar-refractivity contribution in [2.24, 2.45) is 0 Å². The van der Waals surface area contributed by atoms with Gasteiger partial charge >= 0.3 is 0 Å². The Morgan fingerprint density at radius 3 is 2.58 bits per heavy atom. The summed E-state index contributed by atoms with van der Waals surface area (Å²) in [6, 6.07) is 10.4. The Kier molecular flexibility index (Phi) is 5.17. The number of hydrogen-bond donors (Lipinski definition) is 1. The van der Waals surface area contributed by atoms with Gasteiger partial charge in [-0.15, -0.1) is 0 Å². The molecule has 0 aliphatic heterocycles. The van der Waals surface area contributed by atoms with Crippen LogP contribution in [0, 0.1) is 13.8 Å². The van der Waals surface area contributed by atoms with Gasteiger partial charge in [0.1, 0.15) is 5.58 Å². The van der Waals surface area contributed by atoms with Crippen LogP contribution in [0.25, 0.3) is 11.0 Å². The fraction of sp³-hybridized carbons (Fsp3) is 0.348. The molecule has 1 heterocycles. The minimum Gasteiger partial charge on any atom is -0.464 e. The Balaban J connectivity index is 1.87. The van der Waals surface area contributed by atoms with Crippen LogP contribution in [0.1, 0.15) is 54.5 Å². The number of rotatable bonds is 5. The Morgan fingerprint density at radius 1 is 1.12 bits per heavy atom. The molecule has 1 N–H and O–H groups in total. The van der Waals surface area contributed by atoms with Gasteiger partial charge in [0, 0.05) is 16.6 Å². The van der Waals surface area contributed by atoms with Crippen molar-refractivity contribution in [1.82, 2.24) is 0 Å². The number of furan rings is 1. The predicted octanol–water partition coefficient (Wildman–Crippen LogP) is 5.92. The number of aryl methyl sites for hydroxylation is 3. The molecule has 0 saturated heterocycles. The highest BCUT2D eigenvalue weighted by atomic mass is 16.3. The van der Waals surface area contributed by atoms with Crippen molar-refractivity contribution in [3.63, 3.8) is 0 Å². The number of benzene rings is 2. The molecule has 0 bridgehead atoms. The smallest absolute Gasteiger partial charge is 0.228 e. The average molecular weight is 349 g/mol. The Morgan fingerprint density at radius 2 is 1.88 bits per heavy atom. The van der Waals surface area contributed by atoms with Gasteiger partial charge in [-0.05, 0) is 60.6 Å². The maximum Gasteiger partial charge on any atom is 0.228 e. The van der Waals surface area contributed by atoms with Gasteiger partial charge in [0.15, 0.2) is 0 Å². The SMILES string of the molecule is CCc1cccc(C)c1NC(=O)Cc1coc2cc(C)c(C(C)C)cc12. The van der Waals surface area contributed by atoms with Crippen molar-refractivity contribution < 1.29 is 9.21 Å². The van der Waals surface area contributed by atoms with E-state index >= 15 is 0 Å². The summed E-state index contributed by atoms with van der Waals surface area (Å²) in [7, 11) is 0. The number of hydrogen-bond acceptors (Lipinski definition) is 2. The Bertz CT molecular complexity index is 950. The molecule has 0 saturated carbocycles. The lowest BCUT2D eigenvalue weighted by molar-refractivity contribution is -0.115. The first-order chi connectivity index (χ1) is 12.4. The van der Waals surface area contributed by atoms with E-state index in [0.29, 0.717) is 12.3 Å². The van der Waals surface area contributed by atoms with Gasteiger partial charge < -0.3 is 9.73 Å². The fourth-order valence-corrected chi connectivity index (χ4v) is 3.56. The molecule has 0 radical (unpaired) electrons. The van der Waals surface area contributed by atoms with Gasteiger partial charge in [0.2, 0.25) is 5.91 Å². The molecule has 3 heteroatoms. The molecular weight excluding hydrogens is 322 g/mol. The average Bonchev–Trinajstić information content (AvgIpc) is 2.97. The lowest BCUT2D eigenvalue weighted by Gasteiger charge is -2.13. The standard InChI is InChI=1S/C23H27NO2/c1-6-17-9-7-8-15(4)23(17)24-22(25)11-18-13-26-21-10-16(5)19(14(2)3)12-20(18)21/h7-10,12-14H,6,11H2,1-5H3,(H,24,25). The summed E-state index contributed by atoms with van der Waals surface area (Å²) in [5.41, 5.74) is 7.50. The van der Waals surface area contributed by atoms with Crippen LogP contribution in [0.3, 0.4) is 0 Å². The van der Waals surface area contributed by atoms with E-state index in [9.17, 15) is 4.79 Å². The van der Waals surface area contributed by atoms with E-state index in [1.807, 2.05) is 19.1 Å². The first-order valence-corrected chi connectivity index (χ1v) is 9.29. The van der Waals surface area contributed by atoms with E-state index in [0.717, 1.165) is 39.8 Å². The maximum absolute atomic E-state index is 12.7. The minimum absolute atomic E-state index is 0.0108. The van der Waals surface area contributed by atoms with Crippen LogP contribution in [-0.4, -0.2) is 5.91 Å². The van der Waals surface area contributed by atoms with E-state index < -0.39 is 0 Å². The van der Waals surface area contributed by atoms with E-state index in [2.05, 4.69) is 51.2 Å². The van der Waals surface area contributed by atoms with Crippen molar-refractivity contribution in [3.05, 3.63) is 64.4 Å². The van der Waals surface area contributed by atoms with Gasteiger partial charge in [-0.2, -0.15) is 0 Å². The van der Waals surface area contributed by atoms with Crippen LogP contribution in [0.15, 0.2) is 41.0 Å². The third kappa shape index (κ3) is 3.52. The number of carbonyl (C=O) groups is 1. The summed E-state index contributed by atoms with van der Waals surface area (Å²) in [5, 5.41) is 4.14. The lowest BCUT2D eigenvalue weighted by Crippen LogP contribution is -2.16. The summed E-state index contributed by atoms with van der Waals surface area (Å²) >= 11 is 0. The largest absolute Gasteiger partial charge is 0.464 e. The summed E-state index contributed by atoms with van der Waals surface area (Å²) in [6.45, 7) is 10.6. The molecule has 0 aliphatic carbocycles. The quantitative estimate of drug-likeness (QED) is 0.621. The molecule has 136 valence electrons. The van der Waals surface area contributed by atoms with Gasteiger partial charge in [0.05, 0.1) is 12.7 Å². The second kappa shape index (κ2) is 7.36. The Labute approximate surface area is 155 Å². The number of nitrogens with one attached hydrogen (secondary N) is 1. The van der Waals surface area contributed by atoms with Gasteiger partial charge in [-0.1, -0.05) is 39.0 Å². The number of fused-ring (bicyclic) bond motifs is 1. The first kappa shape index (κ1) is 18.2. The zero-order valence-electron chi connectivity index (χ0n) is 16.3. The molecular formula is C23H27NO2. The number of carbonyl (C=O) groups excluding carboxylic acids is 1. The highest BCUT2D eigenvalue weighted by Crippen LogP contribution is 2.29. The van der Waals surface area contributed by atoms with Crippen molar-refractivity contribution in [2.45, 2.75) is 53.4 Å². The predicted molar refractivity (Wildman–Crippen MR) is 108 cm³/mol. The fourth-order valence-electron chi connectivity index (χ4n) is 3.56. The van der Waals surface area contributed by atoms with Crippen LogP contribution in [0.5, 0.6) is 0 Å². The molecule has 0 unspecified atom stereocenters. The molecule has 3 nitrogen and oxygen atoms in total. The van der Waals surface area contributed by atoms with Crippen molar-refractivity contribution in [3.8, 4) is 0 Å². The second-order valence-electron chi connectivity index (χ2n) is 7.31. The number of anilines is 1. The third-order valence-electron chi connectivity index (χ3n) is 5.02. The minimum atomic E-state index is -0.0108. The number of para-hydroxylation sites is 1.